The summed E-state index contributed by atoms with van der Waals surface area (Å²) in [5.41, 5.74) is -0.593. The Labute approximate surface area is 265 Å². The minimum Gasteiger partial charge on any atom is -0.455 e. The van der Waals surface area contributed by atoms with Crippen molar-refractivity contribution in [3.8, 4) is 0 Å². The Morgan fingerprint density at radius 1 is 0.956 bits per heavy atom. The van der Waals surface area contributed by atoms with Crippen molar-refractivity contribution in [2.75, 3.05) is 32.8 Å². The van der Waals surface area contributed by atoms with Gasteiger partial charge in [-0.05, 0) is 31.2 Å². The fourth-order valence-corrected chi connectivity index (χ4v) is 7.19. The van der Waals surface area contributed by atoms with Crippen LogP contribution in [0.2, 0.25) is 0 Å². The number of esters is 1. The second-order valence-electron chi connectivity index (χ2n) is 12.5. The molecule has 45 heavy (non-hydrogen) atoms. The van der Waals surface area contributed by atoms with Crippen LogP contribution in [-0.2, 0) is 28.7 Å². The SMILES string of the molecule is CCCCCN1CC=C[C@@]23O[C@H]4/C=C\CCC(=O)NC[C@H](c5ccccc5)OC(=O)[C@H]4[C@@H]2C(=O)N(CCCCCCO)[C@H]3C1=O. The lowest BCUT2D eigenvalue weighted by molar-refractivity contribution is -0.160. The highest BCUT2D eigenvalue weighted by molar-refractivity contribution is 5.99. The van der Waals surface area contributed by atoms with E-state index in [0.717, 1.165) is 37.7 Å². The molecule has 6 atom stereocenters. The number of likely N-dealkylation sites (tertiary alicyclic amines) is 1. The fourth-order valence-electron chi connectivity index (χ4n) is 7.19. The van der Waals surface area contributed by atoms with Gasteiger partial charge in [-0.1, -0.05) is 87.2 Å². The first-order chi connectivity index (χ1) is 21.9. The first-order valence-electron chi connectivity index (χ1n) is 16.7. The lowest BCUT2D eigenvalue weighted by Crippen LogP contribution is -2.55. The van der Waals surface area contributed by atoms with Gasteiger partial charge >= 0.3 is 5.97 Å². The van der Waals surface area contributed by atoms with Crippen LogP contribution >= 0.6 is 0 Å². The molecule has 1 aromatic rings. The molecule has 5 rings (SSSR count). The van der Waals surface area contributed by atoms with E-state index >= 15 is 0 Å². The van der Waals surface area contributed by atoms with Crippen LogP contribution in [0.1, 0.15) is 76.4 Å². The predicted octanol–water partition coefficient (Wildman–Crippen LogP) is 3.46. The van der Waals surface area contributed by atoms with Crippen LogP contribution in [0.4, 0.5) is 0 Å². The molecule has 244 valence electrons. The molecule has 10 heteroatoms. The van der Waals surface area contributed by atoms with Gasteiger partial charge in [-0.15, -0.1) is 0 Å². The number of ether oxygens (including phenoxy) is 2. The van der Waals surface area contributed by atoms with Gasteiger partial charge in [0.25, 0.3) is 0 Å². The van der Waals surface area contributed by atoms with Crippen LogP contribution in [0.15, 0.2) is 54.6 Å². The molecule has 4 aliphatic heterocycles. The summed E-state index contributed by atoms with van der Waals surface area (Å²) in [6, 6.07) is 8.34. The monoisotopic (exact) mass is 621 g/mol. The molecular weight excluding hydrogens is 574 g/mol. The number of aliphatic hydroxyl groups excluding tert-OH is 1. The van der Waals surface area contributed by atoms with E-state index in [0.29, 0.717) is 38.9 Å². The van der Waals surface area contributed by atoms with Crippen molar-refractivity contribution in [1.82, 2.24) is 15.1 Å². The Kier molecular flexibility index (Phi) is 11.1. The van der Waals surface area contributed by atoms with Crippen LogP contribution < -0.4 is 5.32 Å². The number of carbonyl (C=O) groups is 4. The van der Waals surface area contributed by atoms with Crippen LogP contribution in [0.5, 0.6) is 0 Å². The minimum atomic E-state index is -1.33. The molecule has 2 saturated heterocycles. The van der Waals surface area contributed by atoms with Gasteiger partial charge in [0, 0.05) is 32.7 Å². The van der Waals surface area contributed by atoms with Crippen molar-refractivity contribution in [2.45, 2.75) is 88.6 Å². The fraction of sp³-hybridized carbons (Fsp3) is 0.600. The average Bonchev–Trinajstić information content (AvgIpc) is 3.42. The summed E-state index contributed by atoms with van der Waals surface area (Å²) in [7, 11) is 0. The van der Waals surface area contributed by atoms with Crippen LogP contribution in [-0.4, -0.2) is 89.1 Å². The number of hydrogen-bond acceptors (Lipinski definition) is 7. The Morgan fingerprint density at radius 2 is 1.73 bits per heavy atom. The molecule has 1 aromatic carbocycles. The predicted molar refractivity (Wildman–Crippen MR) is 168 cm³/mol. The quantitative estimate of drug-likeness (QED) is 0.220. The van der Waals surface area contributed by atoms with Gasteiger partial charge in [-0.25, -0.2) is 0 Å². The third kappa shape index (κ3) is 7.02. The zero-order valence-corrected chi connectivity index (χ0v) is 26.3. The number of unbranched alkanes of at least 4 members (excludes halogenated alkanes) is 5. The summed E-state index contributed by atoms with van der Waals surface area (Å²) >= 11 is 0. The summed E-state index contributed by atoms with van der Waals surface area (Å²) < 4.78 is 12.9. The summed E-state index contributed by atoms with van der Waals surface area (Å²) in [5.74, 6) is -3.08. The van der Waals surface area contributed by atoms with E-state index in [2.05, 4.69) is 12.2 Å². The van der Waals surface area contributed by atoms with Crippen molar-refractivity contribution >= 4 is 23.7 Å². The number of benzene rings is 1. The smallest absolute Gasteiger partial charge is 0.313 e. The largest absolute Gasteiger partial charge is 0.455 e. The number of aliphatic hydroxyl groups is 1. The second kappa shape index (κ2) is 15.2. The summed E-state index contributed by atoms with van der Waals surface area (Å²) in [6.07, 6.45) is 12.4. The molecule has 10 nitrogen and oxygen atoms in total. The van der Waals surface area contributed by atoms with E-state index in [1.807, 2.05) is 53.5 Å². The van der Waals surface area contributed by atoms with Gasteiger partial charge in [0.15, 0.2) is 0 Å². The number of amides is 3. The molecule has 3 amide bonds. The van der Waals surface area contributed by atoms with Crippen molar-refractivity contribution < 1.29 is 33.8 Å². The van der Waals surface area contributed by atoms with Crippen LogP contribution in [0.25, 0.3) is 0 Å². The molecule has 4 heterocycles. The Hall–Kier alpha value is -3.50. The standard InChI is InChI=1S/C35H47N3O7/c1-2-3-11-20-37-21-14-19-35-30(32(41)38(31(35)33(37)42)22-12-4-5-13-23-39)29-26(45-35)17-9-10-18-28(40)36-24-27(44-34(29)43)25-15-7-6-8-16-25/h6-9,14-17,19,26-27,29-31,39H,2-5,10-13,18,20-24H2,1H3,(H,36,40)/b17-9-/t26-,27+,29+,30+,31-,35+/m0/s1. The number of rotatable bonds is 11. The van der Waals surface area contributed by atoms with Crippen LogP contribution in [0.3, 0.4) is 0 Å². The van der Waals surface area contributed by atoms with Crippen LogP contribution in [0, 0.1) is 11.8 Å². The molecule has 1 spiro atoms. The first kappa shape index (κ1) is 32.9. The van der Waals surface area contributed by atoms with Gasteiger partial charge in [-0.3, -0.25) is 19.2 Å². The van der Waals surface area contributed by atoms with Gasteiger partial charge in [-0.2, -0.15) is 0 Å². The lowest BCUT2D eigenvalue weighted by atomic mass is 9.78. The molecule has 2 N–H and O–H groups in total. The number of cyclic esters (lactones) is 1. The van der Waals surface area contributed by atoms with E-state index in [4.69, 9.17) is 9.47 Å². The van der Waals surface area contributed by atoms with Gasteiger partial charge in [0.05, 0.1) is 18.6 Å². The molecule has 0 aliphatic carbocycles. The number of hydrogen-bond donors (Lipinski definition) is 2. The topological polar surface area (TPSA) is 125 Å². The summed E-state index contributed by atoms with van der Waals surface area (Å²) in [5, 5.41) is 12.1. The summed E-state index contributed by atoms with van der Waals surface area (Å²) in [6.45, 7) is 3.70. The van der Waals surface area contributed by atoms with Gasteiger partial charge < -0.3 is 29.7 Å². The van der Waals surface area contributed by atoms with Crippen molar-refractivity contribution in [3.05, 3.63) is 60.2 Å². The molecular formula is C35H47N3O7. The molecule has 0 saturated carbocycles. The number of nitrogens with one attached hydrogen (secondary N) is 1. The molecule has 0 radical (unpaired) electrons. The second-order valence-corrected chi connectivity index (χ2v) is 12.5. The van der Waals surface area contributed by atoms with E-state index < -0.39 is 41.7 Å². The highest BCUT2D eigenvalue weighted by atomic mass is 16.6. The minimum absolute atomic E-state index is 0.105. The lowest BCUT2D eigenvalue weighted by Gasteiger charge is -2.35. The number of carbonyl (C=O) groups excluding carboxylic acids is 4. The maximum atomic E-state index is 14.5. The molecule has 2 fully saturated rings. The maximum absolute atomic E-state index is 14.5. The van der Waals surface area contributed by atoms with Crippen molar-refractivity contribution in [3.63, 3.8) is 0 Å². The Bertz CT molecular complexity index is 1270. The van der Waals surface area contributed by atoms with Crippen molar-refractivity contribution in [1.29, 1.82) is 0 Å². The zero-order chi connectivity index (χ0) is 31.8. The van der Waals surface area contributed by atoms with Gasteiger partial charge in [0.1, 0.15) is 23.7 Å². The Morgan fingerprint density at radius 3 is 2.51 bits per heavy atom. The highest BCUT2D eigenvalue weighted by Gasteiger charge is 2.71. The summed E-state index contributed by atoms with van der Waals surface area (Å²) in [4.78, 5) is 59.0. The third-order valence-electron chi connectivity index (χ3n) is 9.47. The van der Waals surface area contributed by atoms with E-state index in [1.165, 1.54) is 0 Å². The third-order valence-corrected chi connectivity index (χ3v) is 9.47. The van der Waals surface area contributed by atoms with E-state index in [9.17, 15) is 24.3 Å². The highest BCUT2D eigenvalue weighted by Crippen LogP contribution is 2.53. The van der Waals surface area contributed by atoms with Crippen molar-refractivity contribution in [2.24, 2.45) is 11.8 Å². The zero-order valence-electron chi connectivity index (χ0n) is 26.3. The van der Waals surface area contributed by atoms with E-state index in [1.54, 1.807) is 11.0 Å². The average molecular weight is 622 g/mol. The van der Waals surface area contributed by atoms with Gasteiger partial charge in [0.2, 0.25) is 17.7 Å². The molecule has 4 aliphatic rings. The normalized spacial score (nSPS) is 30.8. The van der Waals surface area contributed by atoms with E-state index in [-0.39, 0.29) is 37.3 Å². The number of nitrogens with zero attached hydrogens (tertiary/aromatic N) is 2. The maximum Gasteiger partial charge on any atom is 0.313 e. The number of allylic oxidation sites excluding steroid dienone is 1. The molecule has 0 bridgehead atoms. The first-order valence-corrected chi connectivity index (χ1v) is 16.7. The number of fused-ring (bicyclic) bond motifs is 2. The Balaban J connectivity index is 1.51. The molecule has 0 unspecified atom stereocenters. The molecule has 0 aromatic heterocycles.